The smallest absolute Gasteiger partial charge is 0.255 e. The Morgan fingerprint density at radius 2 is 2.00 bits per heavy atom. The maximum Gasteiger partial charge on any atom is 0.255 e. The first-order valence-corrected chi connectivity index (χ1v) is 5.66. The van der Waals surface area contributed by atoms with Crippen molar-refractivity contribution in [2.45, 2.75) is 13.8 Å². The van der Waals surface area contributed by atoms with Gasteiger partial charge in [0, 0.05) is 28.8 Å². The van der Waals surface area contributed by atoms with Crippen LogP contribution < -0.4 is 11.1 Å². The minimum absolute atomic E-state index is 0.148. The Kier molecular flexibility index (Phi) is 3.28. The molecule has 0 saturated heterocycles. The molecule has 0 spiro atoms. The van der Waals surface area contributed by atoms with Crippen LogP contribution in [-0.4, -0.2) is 10.9 Å². The van der Waals surface area contributed by atoms with E-state index < -0.39 is 0 Å². The molecule has 0 aliphatic heterocycles. The maximum absolute atomic E-state index is 12.0. The number of aromatic nitrogens is 1. The molecule has 2 rings (SSSR count). The summed E-state index contributed by atoms with van der Waals surface area (Å²) in [4.78, 5) is 16.1. The van der Waals surface area contributed by atoms with Crippen molar-refractivity contribution in [3.05, 3.63) is 53.3 Å². The van der Waals surface area contributed by atoms with Gasteiger partial charge in [-0.3, -0.25) is 9.78 Å². The topological polar surface area (TPSA) is 68.0 Å². The average Bonchev–Trinajstić information content (AvgIpc) is 2.34. The van der Waals surface area contributed by atoms with Crippen LogP contribution in [-0.2, 0) is 0 Å². The zero-order valence-electron chi connectivity index (χ0n) is 10.4. The molecule has 4 nitrogen and oxygen atoms in total. The monoisotopic (exact) mass is 241 g/mol. The van der Waals surface area contributed by atoms with E-state index in [4.69, 9.17) is 5.73 Å². The van der Waals surface area contributed by atoms with Crippen LogP contribution >= 0.6 is 0 Å². The van der Waals surface area contributed by atoms with E-state index in [1.165, 1.54) is 0 Å². The van der Waals surface area contributed by atoms with Crippen molar-refractivity contribution in [3.63, 3.8) is 0 Å². The fourth-order valence-electron chi connectivity index (χ4n) is 1.64. The molecule has 3 N–H and O–H groups in total. The van der Waals surface area contributed by atoms with Crippen molar-refractivity contribution in [2.24, 2.45) is 0 Å². The van der Waals surface area contributed by atoms with E-state index in [-0.39, 0.29) is 5.91 Å². The molecule has 92 valence electrons. The van der Waals surface area contributed by atoms with E-state index in [1.807, 2.05) is 19.9 Å². The first-order chi connectivity index (χ1) is 8.56. The predicted octanol–water partition coefficient (Wildman–Crippen LogP) is 2.53. The van der Waals surface area contributed by atoms with Crippen molar-refractivity contribution in [1.29, 1.82) is 0 Å². The van der Waals surface area contributed by atoms with Crippen LogP contribution in [0.2, 0.25) is 0 Å². The molecule has 18 heavy (non-hydrogen) atoms. The van der Waals surface area contributed by atoms with Crippen LogP contribution in [0.25, 0.3) is 0 Å². The van der Waals surface area contributed by atoms with Gasteiger partial charge in [-0.05, 0) is 49.7 Å². The van der Waals surface area contributed by atoms with E-state index in [0.29, 0.717) is 11.3 Å². The second-order valence-corrected chi connectivity index (χ2v) is 4.21. The molecular weight excluding hydrogens is 226 g/mol. The second kappa shape index (κ2) is 4.87. The number of nitrogen functional groups attached to an aromatic ring is 1. The molecule has 2 aromatic rings. The fourth-order valence-corrected chi connectivity index (χ4v) is 1.64. The van der Waals surface area contributed by atoms with Crippen LogP contribution in [0.1, 0.15) is 21.6 Å². The first kappa shape index (κ1) is 12.1. The largest absolute Gasteiger partial charge is 0.399 e. The number of amides is 1. The molecule has 1 heterocycles. The average molecular weight is 241 g/mol. The van der Waals surface area contributed by atoms with Gasteiger partial charge in [0.05, 0.1) is 0 Å². The Morgan fingerprint density at radius 3 is 2.67 bits per heavy atom. The molecule has 0 fully saturated rings. The van der Waals surface area contributed by atoms with Crippen LogP contribution in [0.3, 0.4) is 0 Å². The number of hydrogen-bond acceptors (Lipinski definition) is 3. The second-order valence-electron chi connectivity index (χ2n) is 4.21. The third kappa shape index (κ3) is 2.66. The summed E-state index contributed by atoms with van der Waals surface area (Å²) in [6.07, 6.45) is 1.62. The normalized spacial score (nSPS) is 10.1. The van der Waals surface area contributed by atoms with Gasteiger partial charge in [0.1, 0.15) is 0 Å². The van der Waals surface area contributed by atoms with E-state index in [1.54, 1.807) is 30.5 Å². The lowest BCUT2D eigenvalue weighted by atomic mass is 10.1. The molecule has 1 aromatic carbocycles. The Bertz CT molecular complexity index is 593. The molecule has 0 bridgehead atoms. The van der Waals surface area contributed by atoms with Crippen molar-refractivity contribution in [3.8, 4) is 0 Å². The van der Waals surface area contributed by atoms with Crippen LogP contribution in [0.15, 0.2) is 36.5 Å². The molecule has 1 amide bonds. The summed E-state index contributed by atoms with van der Waals surface area (Å²) in [7, 11) is 0. The summed E-state index contributed by atoms with van der Waals surface area (Å²) >= 11 is 0. The quantitative estimate of drug-likeness (QED) is 0.794. The molecule has 0 aliphatic carbocycles. The SMILES string of the molecule is Cc1cc(C(=O)Nc2ccc(N)c(C)c2)ccn1. The number of anilines is 2. The predicted molar refractivity (Wildman–Crippen MR) is 72.5 cm³/mol. The number of pyridine rings is 1. The third-order valence-electron chi connectivity index (χ3n) is 2.69. The van der Waals surface area contributed by atoms with Gasteiger partial charge in [-0.2, -0.15) is 0 Å². The number of hydrogen-bond donors (Lipinski definition) is 2. The van der Waals surface area contributed by atoms with E-state index in [2.05, 4.69) is 10.3 Å². The van der Waals surface area contributed by atoms with Crippen LogP contribution in [0.4, 0.5) is 11.4 Å². The molecule has 0 atom stereocenters. The highest BCUT2D eigenvalue weighted by Crippen LogP contribution is 2.17. The molecule has 0 unspecified atom stereocenters. The Hall–Kier alpha value is -2.36. The standard InChI is InChI=1S/C14H15N3O/c1-9-7-12(3-4-13(9)15)17-14(18)11-5-6-16-10(2)8-11/h3-8H,15H2,1-2H3,(H,17,18). The molecular formula is C14H15N3O. The number of nitrogens with zero attached hydrogens (tertiary/aromatic N) is 1. The van der Waals surface area contributed by atoms with Crippen molar-refractivity contribution in [2.75, 3.05) is 11.1 Å². The lowest BCUT2D eigenvalue weighted by molar-refractivity contribution is 0.102. The third-order valence-corrected chi connectivity index (χ3v) is 2.69. The summed E-state index contributed by atoms with van der Waals surface area (Å²) in [5, 5.41) is 2.83. The maximum atomic E-state index is 12.0. The minimum atomic E-state index is -0.148. The number of nitrogens with two attached hydrogens (primary N) is 1. The van der Waals surface area contributed by atoms with Crippen LogP contribution in [0, 0.1) is 13.8 Å². The zero-order valence-corrected chi connectivity index (χ0v) is 10.4. The molecule has 4 heteroatoms. The highest BCUT2D eigenvalue weighted by Gasteiger charge is 2.06. The Labute approximate surface area is 106 Å². The van der Waals surface area contributed by atoms with Gasteiger partial charge in [0.15, 0.2) is 0 Å². The van der Waals surface area contributed by atoms with Crippen molar-refractivity contribution in [1.82, 2.24) is 4.98 Å². The van der Waals surface area contributed by atoms with E-state index in [0.717, 1.165) is 16.9 Å². The van der Waals surface area contributed by atoms with Gasteiger partial charge in [0.25, 0.3) is 5.91 Å². The van der Waals surface area contributed by atoms with Gasteiger partial charge in [-0.1, -0.05) is 0 Å². The Balaban J connectivity index is 2.18. The highest BCUT2D eigenvalue weighted by molar-refractivity contribution is 6.04. The van der Waals surface area contributed by atoms with Crippen molar-refractivity contribution >= 4 is 17.3 Å². The number of carbonyl (C=O) groups excluding carboxylic acids is 1. The minimum Gasteiger partial charge on any atom is -0.399 e. The van der Waals surface area contributed by atoms with Gasteiger partial charge >= 0.3 is 0 Å². The molecule has 0 saturated carbocycles. The fraction of sp³-hybridized carbons (Fsp3) is 0.143. The van der Waals surface area contributed by atoms with Gasteiger partial charge in [0.2, 0.25) is 0 Å². The highest BCUT2D eigenvalue weighted by atomic mass is 16.1. The number of nitrogens with one attached hydrogen (secondary N) is 1. The van der Waals surface area contributed by atoms with Gasteiger partial charge < -0.3 is 11.1 Å². The van der Waals surface area contributed by atoms with E-state index in [9.17, 15) is 4.79 Å². The summed E-state index contributed by atoms with van der Waals surface area (Å²) in [5.41, 5.74) is 9.54. The molecule has 0 radical (unpaired) electrons. The summed E-state index contributed by atoms with van der Waals surface area (Å²) < 4.78 is 0. The lowest BCUT2D eigenvalue weighted by Crippen LogP contribution is -2.12. The number of aryl methyl sites for hydroxylation is 2. The Morgan fingerprint density at radius 1 is 1.22 bits per heavy atom. The summed E-state index contributed by atoms with van der Waals surface area (Å²) in [6.45, 7) is 3.76. The van der Waals surface area contributed by atoms with Crippen LogP contribution in [0.5, 0.6) is 0 Å². The summed E-state index contributed by atoms with van der Waals surface area (Å²) in [5.74, 6) is -0.148. The van der Waals surface area contributed by atoms with Crippen molar-refractivity contribution < 1.29 is 4.79 Å². The first-order valence-electron chi connectivity index (χ1n) is 5.66. The zero-order chi connectivity index (χ0) is 13.1. The summed E-state index contributed by atoms with van der Waals surface area (Å²) in [6, 6.07) is 8.85. The van der Waals surface area contributed by atoms with Gasteiger partial charge in [-0.15, -0.1) is 0 Å². The number of carbonyl (C=O) groups is 1. The molecule has 0 aliphatic rings. The molecule has 1 aromatic heterocycles. The number of rotatable bonds is 2. The lowest BCUT2D eigenvalue weighted by Gasteiger charge is -2.07. The number of benzene rings is 1. The van der Waals surface area contributed by atoms with Gasteiger partial charge in [-0.25, -0.2) is 0 Å². The van der Waals surface area contributed by atoms with E-state index >= 15 is 0 Å².